The Bertz CT molecular complexity index is 588. The van der Waals surface area contributed by atoms with Gasteiger partial charge in [-0.3, -0.25) is 14.5 Å². The van der Waals surface area contributed by atoms with Gasteiger partial charge in [0.1, 0.15) is 0 Å². The molecule has 2 aliphatic heterocycles. The number of hydrogen-bond donors (Lipinski definition) is 0. The first kappa shape index (κ1) is 14.8. The zero-order chi connectivity index (χ0) is 15.0. The SMILES string of the molecule is O=C1C[C@H](N2CCOCC2)C(=O)N1c1ccc(Cl)cc1Cl. The quantitative estimate of drug-likeness (QED) is 0.779. The van der Waals surface area contributed by atoms with Gasteiger partial charge in [-0.25, -0.2) is 4.90 Å². The lowest BCUT2D eigenvalue weighted by atomic mass is 10.2. The van der Waals surface area contributed by atoms with Crippen molar-refractivity contribution in [3.8, 4) is 0 Å². The molecule has 0 aliphatic carbocycles. The Morgan fingerprint density at radius 2 is 1.86 bits per heavy atom. The molecule has 2 aliphatic rings. The number of carbonyl (C=O) groups excluding carboxylic acids is 2. The third kappa shape index (κ3) is 2.79. The number of anilines is 1. The molecule has 2 saturated heterocycles. The summed E-state index contributed by atoms with van der Waals surface area (Å²) in [7, 11) is 0. The molecule has 0 aromatic heterocycles. The second-order valence-corrected chi connectivity index (χ2v) is 5.88. The maximum absolute atomic E-state index is 12.6. The fourth-order valence-electron chi connectivity index (χ4n) is 2.71. The number of nitrogens with zero attached hydrogens (tertiary/aromatic N) is 2. The van der Waals surface area contributed by atoms with Crippen LogP contribution in [0.3, 0.4) is 0 Å². The number of imide groups is 1. The molecule has 21 heavy (non-hydrogen) atoms. The first-order chi connectivity index (χ1) is 10.1. The maximum Gasteiger partial charge on any atom is 0.251 e. The Balaban J connectivity index is 1.86. The average molecular weight is 329 g/mol. The molecule has 2 amide bonds. The monoisotopic (exact) mass is 328 g/mol. The zero-order valence-corrected chi connectivity index (χ0v) is 12.7. The summed E-state index contributed by atoms with van der Waals surface area (Å²) in [5, 5.41) is 0.763. The van der Waals surface area contributed by atoms with Crippen molar-refractivity contribution in [3.05, 3.63) is 28.2 Å². The summed E-state index contributed by atoms with van der Waals surface area (Å²) in [6, 6.07) is 4.32. The summed E-state index contributed by atoms with van der Waals surface area (Å²) < 4.78 is 5.28. The van der Waals surface area contributed by atoms with Crippen molar-refractivity contribution in [2.75, 3.05) is 31.2 Å². The first-order valence-electron chi connectivity index (χ1n) is 6.71. The van der Waals surface area contributed by atoms with Crippen molar-refractivity contribution in [2.24, 2.45) is 0 Å². The van der Waals surface area contributed by atoms with Gasteiger partial charge in [0.2, 0.25) is 5.91 Å². The number of hydrogen-bond acceptors (Lipinski definition) is 4. The van der Waals surface area contributed by atoms with E-state index < -0.39 is 6.04 Å². The normalized spacial score (nSPS) is 23.9. The second kappa shape index (κ2) is 5.93. The molecule has 0 spiro atoms. The summed E-state index contributed by atoms with van der Waals surface area (Å²) in [6.45, 7) is 2.48. The number of ether oxygens (including phenoxy) is 1. The molecule has 5 nitrogen and oxygen atoms in total. The minimum Gasteiger partial charge on any atom is -0.379 e. The Labute approximate surface area is 132 Å². The lowest BCUT2D eigenvalue weighted by Gasteiger charge is -2.30. The van der Waals surface area contributed by atoms with Crippen molar-refractivity contribution < 1.29 is 14.3 Å². The van der Waals surface area contributed by atoms with Gasteiger partial charge in [-0.15, -0.1) is 0 Å². The molecule has 1 atom stereocenters. The zero-order valence-electron chi connectivity index (χ0n) is 11.2. The number of halogens is 2. The van der Waals surface area contributed by atoms with Gasteiger partial charge in [0.05, 0.1) is 36.4 Å². The van der Waals surface area contributed by atoms with E-state index in [1.165, 1.54) is 11.0 Å². The van der Waals surface area contributed by atoms with Gasteiger partial charge >= 0.3 is 0 Å². The molecule has 7 heteroatoms. The average Bonchev–Trinajstić information content (AvgIpc) is 2.76. The molecule has 0 radical (unpaired) electrons. The third-order valence-electron chi connectivity index (χ3n) is 3.76. The highest BCUT2D eigenvalue weighted by Gasteiger charge is 2.43. The van der Waals surface area contributed by atoms with Crippen molar-refractivity contribution in [3.63, 3.8) is 0 Å². The molecule has 1 aromatic carbocycles. The van der Waals surface area contributed by atoms with Crippen LogP contribution in [0.15, 0.2) is 18.2 Å². The van der Waals surface area contributed by atoms with Gasteiger partial charge in [0.25, 0.3) is 5.91 Å². The molecule has 2 fully saturated rings. The third-order valence-corrected chi connectivity index (χ3v) is 4.30. The standard InChI is InChI=1S/C14H14Cl2N2O3/c15-9-1-2-11(10(16)7-9)18-13(19)8-12(14(18)20)17-3-5-21-6-4-17/h1-2,7,12H,3-6,8H2/t12-/m0/s1. The van der Waals surface area contributed by atoms with Crippen LogP contribution in [0, 0.1) is 0 Å². The van der Waals surface area contributed by atoms with Crippen LogP contribution in [0.2, 0.25) is 10.0 Å². The molecular formula is C14H14Cl2N2O3. The fraction of sp³-hybridized carbons (Fsp3) is 0.429. The van der Waals surface area contributed by atoms with Gasteiger partial charge < -0.3 is 4.74 Å². The van der Waals surface area contributed by atoms with Crippen LogP contribution in [0.25, 0.3) is 0 Å². The van der Waals surface area contributed by atoms with Gasteiger partial charge in [-0.1, -0.05) is 23.2 Å². The van der Waals surface area contributed by atoms with Gasteiger partial charge in [-0.05, 0) is 18.2 Å². The Hall–Kier alpha value is -1.14. The lowest BCUT2D eigenvalue weighted by molar-refractivity contribution is -0.123. The van der Waals surface area contributed by atoms with E-state index in [-0.39, 0.29) is 18.2 Å². The summed E-state index contributed by atoms with van der Waals surface area (Å²) in [5.41, 5.74) is 0.395. The molecule has 3 rings (SSSR count). The van der Waals surface area contributed by atoms with Crippen LogP contribution in [0.1, 0.15) is 6.42 Å². The molecule has 0 N–H and O–H groups in total. The molecule has 0 unspecified atom stereocenters. The Morgan fingerprint density at radius 1 is 1.14 bits per heavy atom. The number of amides is 2. The van der Waals surface area contributed by atoms with Crippen LogP contribution in [0.4, 0.5) is 5.69 Å². The fourth-order valence-corrected chi connectivity index (χ4v) is 3.20. The van der Waals surface area contributed by atoms with Crippen molar-refractivity contribution in [2.45, 2.75) is 12.5 Å². The molecule has 1 aromatic rings. The second-order valence-electron chi connectivity index (χ2n) is 5.03. The largest absolute Gasteiger partial charge is 0.379 e. The van der Waals surface area contributed by atoms with Crippen LogP contribution in [-0.4, -0.2) is 49.1 Å². The summed E-state index contributed by atoms with van der Waals surface area (Å²) in [6.07, 6.45) is 0.178. The number of carbonyl (C=O) groups is 2. The summed E-state index contributed by atoms with van der Waals surface area (Å²) in [4.78, 5) is 28.0. The number of morpholine rings is 1. The number of rotatable bonds is 2. The van der Waals surface area contributed by atoms with Crippen LogP contribution in [0.5, 0.6) is 0 Å². The summed E-state index contributed by atoms with van der Waals surface area (Å²) in [5.74, 6) is -0.466. The minimum absolute atomic E-state index is 0.178. The Morgan fingerprint density at radius 3 is 2.52 bits per heavy atom. The molecule has 0 saturated carbocycles. The van der Waals surface area contributed by atoms with E-state index in [1.54, 1.807) is 12.1 Å². The van der Waals surface area contributed by atoms with E-state index in [9.17, 15) is 9.59 Å². The highest BCUT2D eigenvalue weighted by Crippen LogP contribution is 2.33. The van der Waals surface area contributed by atoms with Gasteiger partial charge in [-0.2, -0.15) is 0 Å². The van der Waals surface area contributed by atoms with Gasteiger partial charge in [0, 0.05) is 18.1 Å². The van der Waals surface area contributed by atoms with E-state index in [0.717, 1.165) is 0 Å². The van der Waals surface area contributed by atoms with E-state index in [2.05, 4.69) is 0 Å². The predicted molar refractivity (Wildman–Crippen MR) is 79.8 cm³/mol. The highest BCUT2D eigenvalue weighted by atomic mass is 35.5. The van der Waals surface area contributed by atoms with Gasteiger partial charge in [0.15, 0.2) is 0 Å². The number of benzene rings is 1. The molecule has 0 bridgehead atoms. The van der Waals surface area contributed by atoms with E-state index >= 15 is 0 Å². The smallest absolute Gasteiger partial charge is 0.251 e. The highest BCUT2D eigenvalue weighted by molar-refractivity contribution is 6.38. The molecule has 2 heterocycles. The van der Waals surface area contributed by atoms with Crippen LogP contribution >= 0.6 is 23.2 Å². The minimum atomic E-state index is -0.423. The predicted octanol–water partition coefficient (Wildman–Crippen LogP) is 1.96. The lowest BCUT2D eigenvalue weighted by Crippen LogP contribution is -2.47. The molecule has 112 valence electrons. The maximum atomic E-state index is 12.6. The summed E-state index contributed by atoms with van der Waals surface area (Å²) >= 11 is 12.0. The molecular weight excluding hydrogens is 315 g/mol. The Kier molecular flexibility index (Phi) is 4.17. The van der Waals surface area contributed by atoms with Crippen LogP contribution in [-0.2, 0) is 14.3 Å². The topological polar surface area (TPSA) is 49.9 Å². The van der Waals surface area contributed by atoms with Crippen molar-refractivity contribution >= 4 is 40.7 Å². The van der Waals surface area contributed by atoms with E-state index in [4.69, 9.17) is 27.9 Å². The van der Waals surface area contributed by atoms with Crippen molar-refractivity contribution in [1.82, 2.24) is 4.90 Å². The van der Waals surface area contributed by atoms with E-state index in [0.29, 0.717) is 42.0 Å². The van der Waals surface area contributed by atoms with Crippen molar-refractivity contribution in [1.29, 1.82) is 0 Å². The first-order valence-corrected chi connectivity index (χ1v) is 7.47. The van der Waals surface area contributed by atoms with E-state index in [1.807, 2.05) is 4.90 Å². The van der Waals surface area contributed by atoms with Crippen LogP contribution < -0.4 is 4.90 Å².